The van der Waals surface area contributed by atoms with Crippen molar-refractivity contribution in [2.45, 2.75) is 32.6 Å². The lowest BCUT2D eigenvalue weighted by atomic mass is 9.90. The number of primary amides is 1. The van der Waals surface area contributed by atoms with Crippen molar-refractivity contribution in [1.82, 2.24) is 4.90 Å². The Morgan fingerprint density at radius 1 is 1.16 bits per heavy atom. The van der Waals surface area contributed by atoms with Crippen LogP contribution in [0.2, 0.25) is 5.02 Å². The van der Waals surface area contributed by atoms with Crippen LogP contribution in [-0.2, 0) is 11.2 Å². The molecule has 1 fully saturated rings. The number of likely N-dealkylation sites (tertiary alicyclic amines) is 1. The summed E-state index contributed by atoms with van der Waals surface area (Å²) in [4.78, 5) is 25.9. The lowest BCUT2D eigenvalue weighted by Gasteiger charge is -2.32. The van der Waals surface area contributed by atoms with Crippen LogP contribution in [0.3, 0.4) is 0 Å². The van der Waals surface area contributed by atoms with E-state index in [9.17, 15) is 9.59 Å². The van der Waals surface area contributed by atoms with E-state index in [2.05, 4.69) is 31.2 Å². The topological polar surface area (TPSA) is 81.9 Å². The molecule has 0 spiro atoms. The number of nitrogens with two attached hydrogens (primary N) is 1. The Morgan fingerprint density at radius 2 is 1.84 bits per heavy atom. The van der Waals surface area contributed by atoms with Crippen LogP contribution in [0.15, 0.2) is 36.4 Å². The Balaban J connectivity index is 1.57. The van der Waals surface area contributed by atoms with E-state index in [-0.39, 0.29) is 23.3 Å². The smallest absolute Gasteiger partial charge is 0.255 e. The molecule has 1 heterocycles. The summed E-state index contributed by atoms with van der Waals surface area (Å²) in [6, 6.07) is 11.8. The van der Waals surface area contributed by atoms with Crippen LogP contribution in [-0.4, -0.2) is 43.5 Å². The summed E-state index contributed by atoms with van der Waals surface area (Å²) >= 11 is 6.28. The maximum Gasteiger partial charge on any atom is 0.255 e. The zero-order valence-corrected chi connectivity index (χ0v) is 18.8. The van der Waals surface area contributed by atoms with Gasteiger partial charge in [-0.15, -0.1) is 0 Å². The molecule has 31 heavy (non-hydrogen) atoms. The number of aryl methyl sites for hydroxylation is 2. The number of piperidine rings is 1. The lowest BCUT2D eigenvalue weighted by Crippen LogP contribution is -2.38. The highest BCUT2D eigenvalue weighted by Gasteiger charge is 2.25. The number of amides is 2. The molecule has 1 aliphatic rings. The van der Waals surface area contributed by atoms with E-state index in [1.165, 1.54) is 18.2 Å². The minimum absolute atomic E-state index is 0.0846. The van der Waals surface area contributed by atoms with Gasteiger partial charge >= 0.3 is 0 Å². The van der Waals surface area contributed by atoms with Crippen LogP contribution in [0.5, 0.6) is 11.5 Å². The summed E-state index contributed by atoms with van der Waals surface area (Å²) in [6.45, 7) is 3.22. The zero-order valence-electron chi connectivity index (χ0n) is 18.0. The van der Waals surface area contributed by atoms with E-state index < -0.39 is 5.91 Å². The first kappa shape index (κ1) is 22.9. The Labute approximate surface area is 188 Å². The van der Waals surface area contributed by atoms with Gasteiger partial charge in [0.2, 0.25) is 0 Å². The summed E-state index contributed by atoms with van der Waals surface area (Å²) in [5.74, 6) is 0.412. The first-order valence-corrected chi connectivity index (χ1v) is 10.9. The highest BCUT2D eigenvalue weighted by molar-refractivity contribution is 6.32. The number of methoxy groups -OCH3 is 1. The minimum Gasteiger partial charge on any atom is -0.493 e. The average Bonchev–Trinajstić information content (AvgIpc) is 2.77. The second-order valence-electron chi connectivity index (χ2n) is 8.00. The van der Waals surface area contributed by atoms with Crippen molar-refractivity contribution in [1.29, 1.82) is 0 Å². The number of carbonyl (C=O) groups is 2. The Kier molecular flexibility index (Phi) is 7.80. The minimum atomic E-state index is -0.622. The number of carbonyl (C=O) groups excluding carboxylic acids is 2. The van der Waals surface area contributed by atoms with Crippen LogP contribution in [0.25, 0.3) is 0 Å². The molecule has 6 nitrogen and oxygen atoms in total. The van der Waals surface area contributed by atoms with Crippen LogP contribution in [0.1, 0.15) is 40.7 Å². The number of hydrogen-bond acceptors (Lipinski definition) is 4. The Morgan fingerprint density at radius 3 is 2.45 bits per heavy atom. The number of hydrogen-bond donors (Lipinski definition) is 1. The maximum atomic E-state index is 13.0. The van der Waals surface area contributed by atoms with E-state index >= 15 is 0 Å². The van der Waals surface area contributed by atoms with Gasteiger partial charge in [-0.05, 0) is 56.2 Å². The fourth-order valence-electron chi connectivity index (χ4n) is 3.86. The molecule has 2 aromatic rings. The second-order valence-corrected chi connectivity index (χ2v) is 8.41. The van der Waals surface area contributed by atoms with Gasteiger partial charge in [0.15, 0.2) is 18.1 Å². The molecule has 0 atom stereocenters. The van der Waals surface area contributed by atoms with Crippen LogP contribution >= 0.6 is 11.6 Å². The molecule has 0 saturated carbocycles. The van der Waals surface area contributed by atoms with Crippen molar-refractivity contribution >= 4 is 23.4 Å². The molecule has 166 valence electrons. The number of benzene rings is 2. The van der Waals surface area contributed by atoms with Crippen molar-refractivity contribution in [3.63, 3.8) is 0 Å². The first-order chi connectivity index (χ1) is 14.9. The van der Waals surface area contributed by atoms with Gasteiger partial charge in [0.1, 0.15) is 0 Å². The van der Waals surface area contributed by atoms with Crippen molar-refractivity contribution in [3.05, 3.63) is 58.1 Å². The molecule has 0 aromatic heterocycles. The van der Waals surface area contributed by atoms with Crippen molar-refractivity contribution in [2.24, 2.45) is 11.7 Å². The molecule has 2 amide bonds. The molecule has 7 heteroatoms. The molecule has 1 aliphatic heterocycles. The Hall–Kier alpha value is -2.73. The van der Waals surface area contributed by atoms with E-state index in [1.54, 1.807) is 12.1 Å². The number of rotatable bonds is 8. The molecule has 0 aliphatic carbocycles. The SMILES string of the molecule is COc1cc(C(=O)N2CCC(CCc3ccc(C)cc3)CC2)cc(Cl)c1OCC(N)=O. The highest BCUT2D eigenvalue weighted by atomic mass is 35.5. The Bertz CT molecular complexity index is 922. The number of nitrogens with zero attached hydrogens (tertiary/aromatic N) is 1. The molecule has 0 unspecified atom stereocenters. The number of halogens is 1. The fourth-order valence-corrected chi connectivity index (χ4v) is 4.12. The quantitative estimate of drug-likeness (QED) is 0.667. The molecule has 2 N–H and O–H groups in total. The average molecular weight is 445 g/mol. The maximum absolute atomic E-state index is 13.0. The fraction of sp³-hybridized carbons (Fsp3) is 0.417. The second kappa shape index (κ2) is 10.5. The highest BCUT2D eigenvalue weighted by Crippen LogP contribution is 2.37. The predicted molar refractivity (Wildman–Crippen MR) is 121 cm³/mol. The van der Waals surface area contributed by atoms with Gasteiger partial charge in [0.05, 0.1) is 12.1 Å². The van der Waals surface area contributed by atoms with E-state index in [0.717, 1.165) is 38.8 Å². The summed E-state index contributed by atoms with van der Waals surface area (Å²) in [5, 5.41) is 0.205. The molecule has 0 radical (unpaired) electrons. The van der Waals surface area contributed by atoms with Crippen LogP contribution < -0.4 is 15.2 Å². The lowest BCUT2D eigenvalue weighted by molar-refractivity contribution is -0.119. The molecule has 1 saturated heterocycles. The normalized spacial score (nSPS) is 14.4. The van der Waals surface area contributed by atoms with Gasteiger partial charge in [-0.25, -0.2) is 0 Å². The van der Waals surface area contributed by atoms with E-state index in [1.807, 2.05) is 4.90 Å². The third kappa shape index (κ3) is 6.14. The van der Waals surface area contributed by atoms with Crippen molar-refractivity contribution in [3.8, 4) is 11.5 Å². The van der Waals surface area contributed by atoms with Crippen LogP contribution in [0.4, 0.5) is 0 Å². The largest absolute Gasteiger partial charge is 0.493 e. The molecular weight excluding hydrogens is 416 g/mol. The number of ether oxygens (including phenoxy) is 2. The summed E-state index contributed by atoms with van der Waals surface area (Å²) < 4.78 is 10.6. The first-order valence-electron chi connectivity index (χ1n) is 10.5. The van der Waals surface area contributed by atoms with Crippen molar-refractivity contribution < 1.29 is 19.1 Å². The third-order valence-corrected chi connectivity index (χ3v) is 5.98. The van der Waals surface area contributed by atoms with Gasteiger partial charge in [-0.2, -0.15) is 0 Å². The molecular formula is C24H29ClN2O4. The van der Waals surface area contributed by atoms with E-state index in [4.69, 9.17) is 26.8 Å². The summed E-state index contributed by atoms with van der Waals surface area (Å²) in [7, 11) is 1.45. The monoisotopic (exact) mass is 444 g/mol. The molecule has 3 rings (SSSR count). The van der Waals surface area contributed by atoms with Gasteiger partial charge < -0.3 is 20.1 Å². The van der Waals surface area contributed by atoms with Gasteiger partial charge in [0, 0.05) is 18.7 Å². The van der Waals surface area contributed by atoms with Gasteiger partial charge in [-0.1, -0.05) is 41.4 Å². The van der Waals surface area contributed by atoms with Gasteiger partial charge in [-0.3, -0.25) is 9.59 Å². The predicted octanol–water partition coefficient (Wildman–Crippen LogP) is 4.01. The molecule has 2 aromatic carbocycles. The van der Waals surface area contributed by atoms with Crippen LogP contribution in [0, 0.1) is 12.8 Å². The van der Waals surface area contributed by atoms with E-state index in [0.29, 0.717) is 17.2 Å². The summed E-state index contributed by atoms with van der Waals surface area (Å²) in [6.07, 6.45) is 4.18. The standard InChI is InChI=1S/C24H29ClN2O4/c1-16-3-5-17(6-4-16)7-8-18-9-11-27(12-10-18)24(29)19-13-20(25)23(21(14-19)30-2)31-15-22(26)28/h3-6,13-14,18H,7-12,15H2,1-2H3,(H2,26,28). The van der Waals surface area contributed by atoms with Gasteiger partial charge in [0.25, 0.3) is 11.8 Å². The van der Waals surface area contributed by atoms with Crippen molar-refractivity contribution in [2.75, 3.05) is 26.8 Å². The zero-order chi connectivity index (χ0) is 22.4. The molecule has 0 bridgehead atoms. The summed E-state index contributed by atoms with van der Waals surface area (Å²) in [5.41, 5.74) is 8.20. The third-order valence-electron chi connectivity index (χ3n) is 5.70.